The number of nitro benzene ring substituents is 2. The normalized spacial score (nSPS) is 11.9. The molecule has 0 saturated heterocycles. The van der Waals surface area contributed by atoms with Gasteiger partial charge in [-0.15, -0.1) is 0 Å². The minimum absolute atomic E-state index is 0.600. The molecule has 0 fully saturated rings. The molecule has 0 aliphatic carbocycles. The molecule has 0 amide bonds. The van der Waals surface area contributed by atoms with Crippen molar-refractivity contribution in [2.45, 2.75) is 0 Å². The van der Waals surface area contributed by atoms with Gasteiger partial charge in [-0.2, -0.15) is 0 Å². The lowest BCUT2D eigenvalue weighted by molar-refractivity contribution is -0.394. The summed E-state index contributed by atoms with van der Waals surface area (Å²) in [7, 11) is 0. The number of non-ortho nitro benzene ring substituents is 1. The zero-order chi connectivity index (χ0) is 13.2. The lowest BCUT2D eigenvalue weighted by Gasteiger charge is -2.08. The molecule has 0 heterocycles. The fraction of sp³-hybridized carbons (Fsp3) is 0. The molecule has 1 rings (SSSR count). The van der Waals surface area contributed by atoms with E-state index in [1.807, 2.05) is 0 Å². The van der Waals surface area contributed by atoms with Crippen LogP contribution in [0.1, 0.15) is 0 Å². The van der Waals surface area contributed by atoms with Gasteiger partial charge in [0.2, 0.25) is 0 Å². The smallest absolute Gasteiger partial charge is 0.298 e. The standard InChI is InChI=1S/C6H3ClN2O7S/c7-6-4(9(12)13)1-3(8(10)11)2-5(6)16-17(14)15/h1-2H,(H,14,15)/p-1. The van der Waals surface area contributed by atoms with Gasteiger partial charge in [-0.3, -0.25) is 20.2 Å². The zero-order valence-corrected chi connectivity index (χ0v) is 9.27. The fourth-order valence-corrected chi connectivity index (χ4v) is 1.48. The fourth-order valence-electron chi connectivity index (χ4n) is 0.941. The Kier molecular flexibility index (Phi) is 3.93. The highest BCUT2D eigenvalue weighted by molar-refractivity contribution is 7.74. The highest BCUT2D eigenvalue weighted by Crippen LogP contribution is 2.38. The number of hydrogen-bond acceptors (Lipinski definition) is 7. The van der Waals surface area contributed by atoms with Gasteiger partial charge in [0.15, 0.2) is 10.8 Å². The predicted molar refractivity (Wildman–Crippen MR) is 54.3 cm³/mol. The van der Waals surface area contributed by atoms with E-state index < -0.39 is 43.4 Å². The van der Waals surface area contributed by atoms with Gasteiger partial charge in [-0.25, -0.2) is 4.21 Å². The van der Waals surface area contributed by atoms with E-state index in [1.165, 1.54) is 0 Å². The Balaban J connectivity index is 3.42. The van der Waals surface area contributed by atoms with E-state index in [9.17, 15) is 29.0 Å². The highest BCUT2D eigenvalue weighted by atomic mass is 35.5. The van der Waals surface area contributed by atoms with Crippen LogP contribution in [-0.2, 0) is 11.4 Å². The van der Waals surface area contributed by atoms with Crippen molar-refractivity contribution < 1.29 is 22.8 Å². The van der Waals surface area contributed by atoms with Crippen LogP contribution in [0, 0.1) is 20.2 Å². The van der Waals surface area contributed by atoms with Gasteiger partial charge in [0, 0.05) is 0 Å². The van der Waals surface area contributed by atoms with E-state index in [1.54, 1.807) is 0 Å². The molecular formula is C6H2ClN2O7S-. The molecule has 0 aliphatic rings. The van der Waals surface area contributed by atoms with E-state index in [0.717, 1.165) is 0 Å². The lowest BCUT2D eigenvalue weighted by atomic mass is 10.2. The number of nitrogens with zero attached hydrogens (tertiary/aromatic N) is 2. The van der Waals surface area contributed by atoms with Crippen molar-refractivity contribution in [2.24, 2.45) is 0 Å². The molecule has 1 unspecified atom stereocenters. The van der Waals surface area contributed by atoms with E-state index in [-0.39, 0.29) is 0 Å². The monoisotopic (exact) mass is 281 g/mol. The summed E-state index contributed by atoms with van der Waals surface area (Å²) < 4.78 is 24.6. The third-order valence-electron chi connectivity index (χ3n) is 1.57. The maximum absolute atomic E-state index is 10.5. The first-order valence-electron chi connectivity index (χ1n) is 3.73. The first-order chi connectivity index (χ1) is 7.82. The lowest BCUT2D eigenvalue weighted by Crippen LogP contribution is -2.01. The summed E-state index contributed by atoms with van der Waals surface area (Å²) in [6, 6.07) is 1.27. The van der Waals surface area contributed by atoms with Crippen molar-refractivity contribution in [1.29, 1.82) is 0 Å². The Hall–Kier alpha value is -1.78. The summed E-state index contributed by atoms with van der Waals surface area (Å²) in [5.41, 5.74) is -1.53. The van der Waals surface area contributed by atoms with Gasteiger partial charge < -0.3 is 8.74 Å². The second-order valence-electron chi connectivity index (χ2n) is 2.58. The molecule has 9 nitrogen and oxygen atoms in total. The molecule has 0 bridgehead atoms. The second-order valence-corrected chi connectivity index (χ2v) is 3.53. The van der Waals surface area contributed by atoms with Crippen LogP contribution in [0.4, 0.5) is 11.4 Å². The zero-order valence-electron chi connectivity index (χ0n) is 7.69. The Morgan fingerprint density at radius 2 is 1.82 bits per heavy atom. The number of nitro groups is 2. The van der Waals surface area contributed by atoms with E-state index in [4.69, 9.17) is 11.6 Å². The summed E-state index contributed by atoms with van der Waals surface area (Å²) in [5.74, 6) is -0.680. The van der Waals surface area contributed by atoms with Gasteiger partial charge in [0.05, 0.1) is 22.0 Å². The molecule has 0 N–H and O–H groups in total. The quantitative estimate of drug-likeness (QED) is 0.461. The molecule has 0 aromatic heterocycles. The second kappa shape index (κ2) is 5.03. The largest absolute Gasteiger partial charge is 0.740 e. The predicted octanol–water partition coefficient (Wildman–Crippen LogP) is 1.33. The van der Waals surface area contributed by atoms with E-state index >= 15 is 0 Å². The first kappa shape index (κ1) is 13.3. The molecule has 11 heteroatoms. The van der Waals surface area contributed by atoms with E-state index in [0.29, 0.717) is 12.1 Å². The maximum Gasteiger partial charge on any atom is 0.298 e. The number of hydrogen-bond donors (Lipinski definition) is 0. The van der Waals surface area contributed by atoms with Crippen molar-refractivity contribution >= 4 is 34.3 Å². The molecule has 17 heavy (non-hydrogen) atoms. The SMILES string of the molecule is O=[N+]([O-])c1cc(OS(=O)[O-])c(Cl)c([N+](=O)[O-])c1. The molecule has 1 atom stereocenters. The Bertz CT molecular complexity index is 519. The van der Waals surface area contributed by atoms with Gasteiger partial charge in [0.25, 0.3) is 11.4 Å². The number of benzene rings is 1. The molecular weight excluding hydrogens is 280 g/mol. The number of halogens is 1. The van der Waals surface area contributed by atoms with Crippen LogP contribution in [0.5, 0.6) is 5.75 Å². The summed E-state index contributed by atoms with van der Waals surface area (Å²) >= 11 is 2.41. The Labute approximate surface area is 101 Å². The third-order valence-corrected chi connectivity index (χ3v) is 2.27. The number of rotatable bonds is 4. The van der Waals surface area contributed by atoms with Gasteiger partial charge in [-0.05, 0) is 0 Å². The van der Waals surface area contributed by atoms with Gasteiger partial charge in [-0.1, -0.05) is 11.6 Å². The average molecular weight is 282 g/mol. The van der Waals surface area contributed by atoms with E-state index in [2.05, 4.69) is 4.18 Å². The van der Waals surface area contributed by atoms with Crippen LogP contribution in [0.25, 0.3) is 0 Å². The van der Waals surface area contributed by atoms with Crippen molar-refractivity contribution in [3.05, 3.63) is 37.4 Å². The topological polar surface area (TPSA) is 136 Å². The molecule has 0 radical (unpaired) electrons. The third kappa shape index (κ3) is 3.09. The molecule has 92 valence electrons. The molecule has 0 spiro atoms. The van der Waals surface area contributed by atoms with Crippen LogP contribution >= 0.6 is 11.6 Å². The molecule has 1 aromatic carbocycles. The first-order valence-corrected chi connectivity index (χ1v) is 5.10. The van der Waals surface area contributed by atoms with Gasteiger partial charge in [0.1, 0.15) is 11.4 Å². The van der Waals surface area contributed by atoms with Crippen LogP contribution in [0.3, 0.4) is 0 Å². The van der Waals surface area contributed by atoms with Crippen LogP contribution in [0.2, 0.25) is 5.02 Å². The van der Waals surface area contributed by atoms with Crippen molar-refractivity contribution in [2.75, 3.05) is 0 Å². The maximum atomic E-state index is 10.5. The van der Waals surface area contributed by atoms with Crippen molar-refractivity contribution in [1.82, 2.24) is 0 Å². The van der Waals surface area contributed by atoms with Crippen LogP contribution < -0.4 is 4.18 Å². The minimum Gasteiger partial charge on any atom is -0.740 e. The molecule has 0 saturated carbocycles. The summed E-state index contributed by atoms with van der Waals surface area (Å²) in [5, 5.41) is 20.3. The Morgan fingerprint density at radius 3 is 2.24 bits per heavy atom. The average Bonchev–Trinajstić information content (AvgIpc) is 2.19. The van der Waals surface area contributed by atoms with Crippen molar-refractivity contribution in [3.63, 3.8) is 0 Å². The molecule has 0 aliphatic heterocycles. The van der Waals surface area contributed by atoms with Gasteiger partial charge >= 0.3 is 0 Å². The Morgan fingerprint density at radius 1 is 1.24 bits per heavy atom. The highest BCUT2D eigenvalue weighted by Gasteiger charge is 2.24. The van der Waals surface area contributed by atoms with Crippen LogP contribution in [0.15, 0.2) is 12.1 Å². The van der Waals surface area contributed by atoms with Crippen molar-refractivity contribution in [3.8, 4) is 5.75 Å². The summed E-state index contributed by atoms with van der Waals surface area (Å²) in [4.78, 5) is 19.0. The summed E-state index contributed by atoms with van der Waals surface area (Å²) in [6.07, 6.45) is 0. The summed E-state index contributed by atoms with van der Waals surface area (Å²) in [6.45, 7) is 0. The van der Waals surface area contributed by atoms with Crippen LogP contribution in [-0.4, -0.2) is 18.6 Å². The molecule has 1 aromatic rings. The minimum atomic E-state index is -3.05.